The van der Waals surface area contributed by atoms with Crippen LogP contribution in [0.5, 0.6) is 5.75 Å². The molecule has 1 aromatic carbocycles. The van der Waals surface area contributed by atoms with Crippen molar-refractivity contribution >= 4 is 12.0 Å². The molecule has 0 spiro atoms. The summed E-state index contributed by atoms with van der Waals surface area (Å²) >= 11 is 0. The third-order valence-corrected chi connectivity index (χ3v) is 5.71. The molecule has 30 heavy (non-hydrogen) atoms. The van der Waals surface area contributed by atoms with Crippen LogP contribution < -0.4 is 4.74 Å². The Morgan fingerprint density at radius 3 is 2.60 bits per heavy atom. The predicted molar refractivity (Wildman–Crippen MR) is 107 cm³/mol. The van der Waals surface area contributed by atoms with Gasteiger partial charge in [0.05, 0.1) is 13.2 Å². The fourth-order valence-corrected chi connectivity index (χ4v) is 4.01. The smallest absolute Gasteiger partial charge is 0.410 e. The molecule has 2 amide bonds. The van der Waals surface area contributed by atoms with Crippen molar-refractivity contribution in [2.24, 2.45) is 0 Å². The summed E-state index contributed by atoms with van der Waals surface area (Å²) in [5, 5.41) is 4.00. The first kappa shape index (κ1) is 20.2. The van der Waals surface area contributed by atoms with Gasteiger partial charge in [-0.2, -0.15) is 4.98 Å². The van der Waals surface area contributed by atoms with Gasteiger partial charge in [0, 0.05) is 37.5 Å². The number of aryl methyl sites for hydroxylation is 1. The number of benzene rings is 1. The molecule has 1 atom stereocenters. The van der Waals surface area contributed by atoms with Crippen LogP contribution in [0.4, 0.5) is 4.79 Å². The monoisotopic (exact) mass is 414 g/mol. The largest absolute Gasteiger partial charge is 0.497 e. The van der Waals surface area contributed by atoms with Crippen LogP contribution in [0.25, 0.3) is 11.4 Å². The minimum absolute atomic E-state index is 0.0645. The van der Waals surface area contributed by atoms with Crippen LogP contribution in [0.2, 0.25) is 0 Å². The summed E-state index contributed by atoms with van der Waals surface area (Å²) < 4.78 is 15.6. The second-order valence-electron chi connectivity index (χ2n) is 7.69. The van der Waals surface area contributed by atoms with E-state index in [1.165, 1.54) is 0 Å². The number of amides is 2. The van der Waals surface area contributed by atoms with Crippen molar-refractivity contribution in [2.75, 3.05) is 26.8 Å². The number of aromatic nitrogens is 2. The van der Waals surface area contributed by atoms with Crippen LogP contribution in [-0.4, -0.2) is 70.8 Å². The lowest BCUT2D eigenvalue weighted by Gasteiger charge is -2.37. The Hall–Kier alpha value is -3.10. The van der Waals surface area contributed by atoms with Gasteiger partial charge in [-0.1, -0.05) is 5.16 Å². The van der Waals surface area contributed by atoms with E-state index in [1.807, 2.05) is 41.0 Å². The molecule has 4 rings (SSSR count). The van der Waals surface area contributed by atoms with Crippen molar-refractivity contribution in [1.82, 2.24) is 19.9 Å². The molecule has 160 valence electrons. The van der Waals surface area contributed by atoms with Gasteiger partial charge in [0.25, 0.3) is 0 Å². The summed E-state index contributed by atoms with van der Waals surface area (Å²) in [5.74, 6) is 1.76. The summed E-state index contributed by atoms with van der Waals surface area (Å²) in [7, 11) is 1.61. The van der Waals surface area contributed by atoms with Crippen molar-refractivity contribution in [3.63, 3.8) is 0 Å². The molecule has 2 saturated heterocycles. The van der Waals surface area contributed by atoms with Crippen molar-refractivity contribution in [1.29, 1.82) is 0 Å². The maximum Gasteiger partial charge on any atom is 0.410 e. The van der Waals surface area contributed by atoms with Crippen molar-refractivity contribution < 1.29 is 23.6 Å². The molecule has 0 saturated carbocycles. The Balaban J connectivity index is 1.26. The third kappa shape index (κ3) is 4.24. The van der Waals surface area contributed by atoms with Gasteiger partial charge in [-0.25, -0.2) is 4.79 Å². The van der Waals surface area contributed by atoms with E-state index in [2.05, 4.69) is 10.1 Å². The topological polar surface area (TPSA) is 98.0 Å². The van der Waals surface area contributed by atoms with Gasteiger partial charge in [0.1, 0.15) is 12.4 Å². The minimum Gasteiger partial charge on any atom is -0.497 e. The number of carbonyl (C=O) groups excluding carboxylic acids is 2. The zero-order valence-corrected chi connectivity index (χ0v) is 17.2. The van der Waals surface area contributed by atoms with Gasteiger partial charge in [-0.05, 0) is 44.0 Å². The van der Waals surface area contributed by atoms with E-state index in [9.17, 15) is 9.59 Å². The van der Waals surface area contributed by atoms with E-state index >= 15 is 0 Å². The van der Waals surface area contributed by atoms with E-state index in [4.69, 9.17) is 14.0 Å². The standard InChI is InChI=1S/C21H26N4O5/c1-14-13-29-21(27)25(14)16-9-11-24(12-10-16)19(26)8-7-18-22-20(23-30-18)15-3-5-17(28-2)6-4-15/h3-6,14,16H,7-13H2,1-2H3. The van der Waals surface area contributed by atoms with E-state index in [0.717, 1.165) is 24.2 Å². The van der Waals surface area contributed by atoms with Crippen molar-refractivity contribution in [3.05, 3.63) is 30.2 Å². The summed E-state index contributed by atoms with van der Waals surface area (Å²) in [6.07, 6.45) is 2.02. The number of rotatable bonds is 6. The second-order valence-corrected chi connectivity index (χ2v) is 7.69. The first-order valence-corrected chi connectivity index (χ1v) is 10.2. The third-order valence-electron chi connectivity index (χ3n) is 5.71. The highest BCUT2D eigenvalue weighted by Gasteiger charge is 2.37. The van der Waals surface area contributed by atoms with Crippen LogP contribution in [0.1, 0.15) is 32.1 Å². The Kier molecular flexibility index (Phi) is 5.87. The maximum atomic E-state index is 12.6. The Morgan fingerprint density at radius 2 is 1.97 bits per heavy atom. The van der Waals surface area contributed by atoms with Gasteiger partial charge < -0.3 is 18.9 Å². The lowest BCUT2D eigenvalue weighted by molar-refractivity contribution is -0.132. The van der Waals surface area contributed by atoms with Gasteiger partial charge in [0.15, 0.2) is 0 Å². The number of piperidine rings is 1. The van der Waals surface area contributed by atoms with E-state index in [1.54, 1.807) is 7.11 Å². The fourth-order valence-electron chi connectivity index (χ4n) is 4.01. The van der Waals surface area contributed by atoms with Crippen LogP contribution in [0.15, 0.2) is 28.8 Å². The van der Waals surface area contributed by atoms with Crippen molar-refractivity contribution in [2.45, 2.75) is 44.7 Å². The number of hydrogen-bond acceptors (Lipinski definition) is 7. The molecule has 0 N–H and O–H groups in total. The molecular formula is C21H26N4O5. The normalized spacial score (nSPS) is 19.8. The molecule has 2 aliphatic rings. The van der Waals surface area contributed by atoms with Crippen LogP contribution in [0.3, 0.4) is 0 Å². The van der Waals surface area contributed by atoms with Gasteiger partial charge in [-0.15, -0.1) is 0 Å². The highest BCUT2D eigenvalue weighted by Crippen LogP contribution is 2.24. The Labute approximate surface area is 174 Å². The fraction of sp³-hybridized carbons (Fsp3) is 0.524. The zero-order chi connectivity index (χ0) is 21.1. The van der Waals surface area contributed by atoms with Gasteiger partial charge in [0.2, 0.25) is 17.6 Å². The molecular weight excluding hydrogens is 388 g/mol. The molecule has 9 heteroatoms. The summed E-state index contributed by atoms with van der Waals surface area (Å²) in [6, 6.07) is 7.63. The lowest BCUT2D eigenvalue weighted by atomic mass is 10.0. The number of cyclic esters (lactones) is 1. The number of likely N-dealkylation sites (tertiary alicyclic amines) is 1. The van der Waals surface area contributed by atoms with Crippen LogP contribution in [0, 0.1) is 0 Å². The molecule has 0 aliphatic carbocycles. The molecule has 2 fully saturated rings. The van der Waals surface area contributed by atoms with E-state index < -0.39 is 0 Å². The molecule has 9 nitrogen and oxygen atoms in total. The number of hydrogen-bond donors (Lipinski definition) is 0. The first-order chi connectivity index (χ1) is 14.5. The first-order valence-electron chi connectivity index (χ1n) is 10.2. The molecule has 1 unspecified atom stereocenters. The molecule has 0 bridgehead atoms. The summed E-state index contributed by atoms with van der Waals surface area (Å²) in [6.45, 7) is 3.72. The average molecular weight is 414 g/mol. The van der Waals surface area contributed by atoms with E-state index in [-0.39, 0.29) is 24.1 Å². The predicted octanol–water partition coefficient (Wildman–Crippen LogP) is 2.51. The van der Waals surface area contributed by atoms with E-state index in [0.29, 0.717) is 44.3 Å². The highest BCUT2D eigenvalue weighted by atomic mass is 16.6. The summed E-state index contributed by atoms with van der Waals surface area (Å²) in [4.78, 5) is 32.5. The highest BCUT2D eigenvalue weighted by molar-refractivity contribution is 5.76. The van der Waals surface area contributed by atoms with Crippen molar-refractivity contribution in [3.8, 4) is 17.1 Å². The number of ether oxygens (including phenoxy) is 2. The molecule has 0 radical (unpaired) electrons. The Morgan fingerprint density at radius 1 is 1.23 bits per heavy atom. The van der Waals surface area contributed by atoms with Gasteiger partial charge in [-0.3, -0.25) is 9.69 Å². The van der Waals surface area contributed by atoms with Crippen LogP contribution >= 0.6 is 0 Å². The maximum absolute atomic E-state index is 12.6. The number of carbonyl (C=O) groups is 2. The molecule has 1 aromatic heterocycles. The van der Waals surface area contributed by atoms with Gasteiger partial charge >= 0.3 is 6.09 Å². The molecule has 2 aromatic rings. The summed E-state index contributed by atoms with van der Waals surface area (Å²) in [5.41, 5.74) is 0.828. The Bertz CT molecular complexity index is 889. The second kappa shape index (κ2) is 8.73. The lowest BCUT2D eigenvalue weighted by Crippen LogP contribution is -2.49. The number of methoxy groups -OCH3 is 1. The quantitative estimate of drug-likeness (QED) is 0.716. The van der Waals surface area contributed by atoms with Crippen LogP contribution in [-0.2, 0) is 16.0 Å². The minimum atomic E-state index is -0.240. The average Bonchev–Trinajstić information content (AvgIpc) is 3.38. The molecule has 3 heterocycles. The zero-order valence-electron chi connectivity index (χ0n) is 17.2. The SMILES string of the molecule is COc1ccc(-c2noc(CCC(=O)N3CCC(N4C(=O)OCC4C)CC3)n2)cc1. The number of nitrogens with zero attached hydrogens (tertiary/aromatic N) is 4. The molecule has 2 aliphatic heterocycles.